The van der Waals surface area contributed by atoms with E-state index in [0.717, 1.165) is 25.0 Å². The van der Waals surface area contributed by atoms with Gasteiger partial charge in [0.15, 0.2) is 11.5 Å². The number of carboxylic acids is 1. The highest BCUT2D eigenvalue weighted by Gasteiger charge is 2.16. The molecule has 0 fully saturated rings. The van der Waals surface area contributed by atoms with Crippen LogP contribution in [0.4, 0.5) is 0 Å². The van der Waals surface area contributed by atoms with Crippen molar-refractivity contribution in [3.8, 4) is 17.2 Å². The minimum Gasteiger partial charge on any atom is -0.504 e. The molecule has 0 bridgehead atoms. The number of hydrogen-bond acceptors (Lipinski definition) is 5. The van der Waals surface area contributed by atoms with Crippen LogP contribution in [0, 0.1) is 0 Å². The van der Waals surface area contributed by atoms with Gasteiger partial charge in [-0.3, -0.25) is 4.79 Å². The number of carboxylic acid groups (broad SMARTS) is 1. The van der Waals surface area contributed by atoms with Crippen LogP contribution in [0.5, 0.6) is 17.2 Å². The summed E-state index contributed by atoms with van der Waals surface area (Å²) in [6.07, 6.45) is 2.65. The van der Waals surface area contributed by atoms with Crippen LogP contribution in [-0.2, 0) is 4.79 Å². The number of aromatic hydroxyl groups is 2. The minimum absolute atomic E-state index is 0.172. The summed E-state index contributed by atoms with van der Waals surface area (Å²) in [5.74, 6) is -3.51. The molecule has 0 aliphatic carbocycles. The SMILES string of the molecule is CCCCCC(=O)Oc1cc(C(=O)O)cc(O)c1O. The van der Waals surface area contributed by atoms with E-state index in [1.165, 1.54) is 0 Å². The molecule has 104 valence electrons. The van der Waals surface area contributed by atoms with Crippen LogP contribution in [0.3, 0.4) is 0 Å². The van der Waals surface area contributed by atoms with Crippen molar-refractivity contribution < 1.29 is 29.6 Å². The number of carbonyl (C=O) groups is 2. The zero-order valence-corrected chi connectivity index (χ0v) is 10.5. The quantitative estimate of drug-likeness (QED) is 0.316. The van der Waals surface area contributed by atoms with Gasteiger partial charge >= 0.3 is 11.9 Å². The molecule has 0 atom stereocenters. The van der Waals surface area contributed by atoms with Crippen molar-refractivity contribution in [3.63, 3.8) is 0 Å². The lowest BCUT2D eigenvalue weighted by molar-refractivity contribution is -0.134. The number of aromatic carboxylic acids is 1. The van der Waals surface area contributed by atoms with E-state index in [-0.39, 0.29) is 17.7 Å². The molecule has 0 saturated carbocycles. The lowest BCUT2D eigenvalue weighted by atomic mass is 10.2. The molecule has 0 heterocycles. The van der Waals surface area contributed by atoms with E-state index >= 15 is 0 Å². The van der Waals surface area contributed by atoms with E-state index in [1.807, 2.05) is 6.92 Å². The Morgan fingerprint density at radius 3 is 2.47 bits per heavy atom. The molecule has 0 aliphatic heterocycles. The van der Waals surface area contributed by atoms with Crippen LogP contribution < -0.4 is 4.74 Å². The number of phenolic OH excluding ortho intramolecular Hbond substituents is 2. The standard InChI is InChI=1S/C13H16O6/c1-2-3-4-5-11(15)19-10-7-8(13(17)18)6-9(14)12(10)16/h6-7,14,16H,2-5H2,1H3,(H,17,18). The van der Waals surface area contributed by atoms with Crippen molar-refractivity contribution in [3.05, 3.63) is 17.7 Å². The average Bonchev–Trinajstić information content (AvgIpc) is 2.34. The first kappa shape index (κ1) is 14.8. The summed E-state index contributed by atoms with van der Waals surface area (Å²) in [7, 11) is 0. The molecule has 0 radical (unpaired) electrons. The Labute approximate surface area is 110 Å². The van der Waals surface area contributed by atoms with Crippen molar-refractivity contribution in [2.75, 3.05) is 0 Å². The Morgan fingerprint density at radius 1 is 1.21 bits per heavy atom. The first-order valence-corrected chi connectivity index (χ1v) is 5.95. The van der Waals surface area contributed by atoms with E-state index < -0.39 is 23.4 Å². The molecule has 6 nitrogen and oxygen atoms in total. The first-order valence-electron chi connectivity index (χ1n) is 5.95. The molecule has 0 spiro atoms. The van der Waals surface area contributed by atoms with Crippen LogP contribution in [0.1, 0.15) is 43.0 Å². The number of carbonyl (C=O) groups excluding carboxylic acids is 1. The van der Waals surface area contributed by atoms with Crippen LogP contribution in [0.2, 0.25) is 0 Å². The van der Waals surface area contributed by atoms with Gasteiger partial charge in [-0.1, -0.05) is 19.8 Å². The van der Waals surface area contributed by atoms with Gasteiger partial charge < -0.3 is 20.1 Å². The van der Waals surface area contributed by atoms with Crippen molar-refractivity contribution in [2.24, 2.45) is 0 Å². The predicted octanol–water partition coefficient (Wildman–Crippen LogP) is 2.28. The van der Waals surface area contributed by atoms with Gasteiger partial charge in [0.25, 0.3) is 0 Å². The van der Waals surface area contributed by atoms with Gasteiger partial charge in [-0.05, 0) is 18.6 Å². The van der Waals surface area contributed by atoms with Crippen molar-refractivity contribution in [1.82, 2.24) is 0 Å². The van der Waals surface area contributed by atoms with E-state index in [0.29, 0.717) is 6.42 Å². The highest BCUT2D eigenvalue weighted by Crippen LogP contribution is 2.36. The van der Waals surface area contributed by atoms with E-state index in [1.54, 1.807) is 0 Å². The molecular formula is C13H16O6. The van der Waals surface area contributed by atoms with Gasteiger partial charge in [-0.25, -0.2) is 4.79 Å². The summed E-state index contributed by atoms with van der Waals surface area (Å²) in [6.45, 7) is 1.99. The highest BCUT2D eigenvalue weighted by molar-refractivity contribution is 5.89. The fourth-order valence-corrected chi connectivity index (χ4v) is 1.49. The number of rotatable bonds is 6. The molecule has 0 aromatic heterocycles. The lowest BCUT2D eigenvalue weighted by Gasteiger charge is -2.08. The first-order chi connectivity index (χ1) is 8.95. The third-order valence-electron chi connectivity index (χ3n) is 2.51. The molecule has 0 saturated heterocycles. The summed E-state index contributed by atoms with van der Waals surface area (Å²) in [6, 6.07) is 1.88. The summed E-state index contributed by atoms with van der Waals surface area (Å²) in [5, 5.41) is 27.7. The second kappa shape index (κ2) is 6.63. The fraction of sp³-hybridized carbons (Fsp3) is 0.385. The van der Waals surface area contributed by atoms with Gasteiger partial charge in [-0.2, -0.15) is 0 Å². The van der Waals surface area contributed by atoms with Crippen molar-refractivity contribution >= 4 is 11.9 Å². The molecule has 1 rings (SSSR count). The normalized spacial score (nSPS) is 10.2. The van der Waals surface area contributed by atoms with Gasteiger partial charge in [-0.15, -0.1) is 0 Å². The summed E-state index contributed by atoms with van der Waals surface area (Å²) in [5.41, 5.74) is -0.272. The number of phenols is 2. The second-order valence-electron chi connectivity index (χ2n) is 4.08. The maximum absolute atomic E-state index is 11.5. The number of unbranched alkanes of at least 4 members (excludes halogenated alkanes) is 2. The molecule has 0 unspecified atom stereocenters. The number of benzene rings is 1. The third kappa shape index (κ3) is 4.17. The summed E-state index contributed by atoms with van der Waals surface area (Å²) in [4.78, 5) is 22.2. The minimum atomic E-state index is -1.29. The molecule has 1 aromatic carbocycles. The molecule has 19 heavy (non-hydrogen) atoms. The topological polar surface area (TPSA) is 104 Å². The Balaban J connectivity index is 2.82. The number of hydrogen-bond donors (Lipinski definition) is 3. The largest absolute Gasteiger partial charge is 0.504 e. The van der Waals surface area contributed by atoms with Crippen LogP contribution in [-0.4, -0.2) is 27.3 Å². The molecule has 1 aromatic rings. The molecule has 0 aliphatic rings. The molecule has 3 N–H and O–H groups in total. The van der Waals surface area contributed by atoms with Gasteiger partial charge in [0.2, 0.25) is 5.75 Å². The van der Waals surface area contributed by atoms with Gasteiger partial charge in [0, 0.05) is 6.42 Å². The third-order valence-corrected chi connectivity index (χ3v) is 2.51. The van der Waals surface area contributed by atoms with E-state index in [4.69, 9.17) is 9.84 Å². The smallest absolute Gasteiger partial charge is 0.335 e. The van der Waals surface area contributed by atoms with Crippen molar-refractivity contribution in [1.29, 1.82) is 0 Å². The van der Waals surface area contributed by atoms with Gasteiger partial charge in [0.1, 0.15) is 0 Å². The zero-order valence-electron chi connectivity index (χ0n) is 10.5. The van der Waals surface area contributed by atoms with Gasteiger partial charge in [0.05, 0.1) is 5.56 Å². The molecule has 0 amide bonds. The average molecular weight is 268 g/mol. The Morgan fingerprint density at radius 2 is 1.89 bits per heavy atom. The monoisotopic (exact) mass is 268 g/mol. The van der Waals surface area contributed by atoms with Crippen LogP contribution in [0.15, 0.2) is 12.1 Å². The number of ether oxygens (including phenoxy) is 1. The van der Waals surface area contributed by atoms with Crippen molar-refractivity contribution in [2.45, 2.75) is 32.6 Å². The Kier molecular flexibility index (Phi) is 5.17. The Bertz CT molecular complexity index is 480. The van der Waals surface area contributed by atoms with Crippen LogP contribution in [0.25, 0.3) is 0 Å². The van der Waals surface area contributed by atoms with E-state index in [2.05, 4.69) is 0 Å². The number of esters is 1. The highest BCUT2D eigenvalue weighted by atomic mass is 16.5. The molecule has 6 heteroatoms. The predicted molar refractivity (Wildman–Crippen MR) is 66.5 cm³/mol. The molecular weight excluding hydrogens is 252 g/mol. The summed E-state index contributed by atoms with van der Waals surface area (Å²) < 4.78 is 4.85. The second-order valence-corrected chi connectivity index (χ2v) is 4.08. The van der Waals surface area contributed by atoms with Crippen LogP contribution >= 0.6 is 0 Å². The fourth-order valence-electron chi connectivity index (χ4n) is 1.49. The zero-order chi connectivity index (χ0) is 14.4. The van der Waals surface area contributed by atoms with E-state index in [9.17, 15) is 19.8 Å². The summed E-state index contributed by atoms with van der Waals surface area (Å²) >= 11 is 0. The maximum Gasteiger partial charge on any atom is 0.335 e. The Hall–Kier alpha value is -2.24. The lowest BCUT2D eigenvalue weighted by Crippen LogP contribution is -2.08. The maximum atomic E-state index is 11.5.